The van der Waals surface area contributed by atoms with Crippen LogP contribution in [0, 0.1) is 11.3 Å². The number of nitrogens with zero attached hydrogens (tertiary/aromatic N) is 3. The third-order valence-electron chi connectivity index (χ3n) is 4.24. The summed E-state index contributed by atoms with van der Waals surface area (Å²) in [6, 6.07) is 14.0. The van der Waals surface area contributed by atoms with E-state index < -0.39 is 0 Å². The van der Waals surface area contributed by atoms with Gasteiger partial charge < -0.3 is 5.11 Å². The Morgan fingerprint density at radius 1 is 1.19 bits per heavy atom. The first kappa shape index (κ1) is 18.2. The number of H-pyrrole nitrogens is 1. The van der Waals surface area contributed by atoms with E-state index in [2.05, 4.69) is 30.9 Å². The van der Waals surface area contributed by atoms with Crippen molar-refractivity contribution in [2.75, 3.05) is 0 Å². The summed E-state index contributed by atoms with van der Waals surface area (Å²) in [6.07, 6.45) is 2.98. The van der Waals surface area contributed by atoms with Gasteiger partial charge >= 0.3 is 0 Å². The summed E-state index contributed by atoms with van der Waals surface area (Å²) >= 11 is 0. The molecule has 6 nitrogen and oxygen atoms in total. The maximum absolute atomic E-state index is 12.6. The van der Waals surface area contributed by atoms with Gasteiger partial charge in [-0.1, -0.05) is 26.8 Å². The molecule has 6 heteroatoms. The van der Waals surface area contributed by atoms with Crippen molar-refractivity contribution >= 4 is 11.9 Å². The summed E-state index contributed by atoms with van der Waals surface area (Å²) in [4.78, 5) is 16.9. The number of aromatic amines is 1. The lowest BCUT2D eigenvalue weighted by Crippen LogP contribution is -2.17. The molecule has 2 N–H and O–H groups in total. The maximum Gasteiger partial charge on any atom is 0.280 e. The Labute approximate surface area is 157 Å². The van der Waals surface area contributed by atoms with E-state index in [0.717, 1.165) is 5.56 Å². The van der Waals surface area contributed by atoms with E-state index in [-0.39, 0.29) is 16.7 Å². The first-order valence-electron chi connectivity index (χ1n) is 8.48. The van der Waals surface area contributed by atoms with Crippen LogP contribution in [0.3, 0.4) is 0 Å². The summed E-state index contributed by atoms with van der Waals surface area (Å²) in [5.74, 6) is 0.0576. The number of rotatable bonds is 3. The minimum atomic E-state index is -0.269. The van der Waals surface area contributed by atoms with E-state index >= 15 is 0 Å². The lowest BCUT2D eigenvalue weighted by Gasteiger charge is -2.19. The van der Waals surface area contributed by atoms with Crippen molar-refractivity contribution in [1.82, 2.24) is 9.78 Å². The van der Waals surface area contributed by atoms with Crippen molar-refractivity contribution in [2.24, 2.45) is 4.99 Å². The molecule has 27 heavy (non-hydrogen) atoms. The van der Waals surface area contributed by atoms with Crippen LogP contribution >= 0.6 is 0 Å². The van der Waals surface area contributed by atoms with Gasteiger partial charge in [0.2, 0.25) is 0 Å². The molecule has 2 aromatic carbocycles. The molecule has 0 bridgehead atoms. The van der Waals surface area contributed by atoms with Crippen LogP contribution in [-0.2, 0) is 5.41 Å². The van der Waals surface area contributed by atoms with Crippen LogP contribution in [-0.4, -0.2) is 21.1 Å². The average molecular weight is 360 g/mol. The van der Waals surface area contributed by atoms with Crippen molar-refractivity contribution in [3.63, 3.8) is 0 Å². The number of aromatic nitrogens is 2. The molecule has 0 aliphatic carbocycles. The Hall–Kier alpha value is -3.59. The van der Waals surface area contributed by atoms with Crippen LogP contribution in [0.4, 0.5) is 5.69 Å². The second-order valence-corrected chi connectivity index (χ2v) is 7.24. The molecule has 0 fully saturated rings. The third kappa shape index (κ3) is 3.82. The molecule has 0 atom stereocenters. The zero-order valence-corrected chi connectivity index (χ0v) is 15.4. The van der Waals surface area contributed by atoms with Crippen LogP contribution in [0.1, 0.15) is 37.5 Å². The number of hydrogen-bond acceptors (Lipinski definition) is 4. The first-order valence-corrected chi connectivity index (χ1v) is 8.48. The lowest BCUT2D eigenvalue weighted by molar-refractivity contribution is 0.475. The summed E-state index contributed by atoms with van der Waals surface area (Å²) in [6.45, 7) is 6.24. The van der Waals surface area contributed by atoms with Gasteiger partial charge in [-0.15, -0.1) is 0 Å². The molecule has 0 saturated carbocycles. The Morgan fingerprint density at radius 2 is 1.89 bits per heavy atom. The molecule has 0 aliphatic heterocycles. The quantitative estimate of drug-likeness (QED) is 0.696. The number of nitrogens with one attached hydrogen (secondary N) is 1. The molecule has 0 unspecified atom stereocenters. The van der Waals surface area contributed by atoms with Gasteiger partial charge in [0.05, 0.1) is 22.9 Å². The van der Waals surface area contributed by atoms with Crippen LogP contribution in [0.15, 0.2) is 58.4 Å². The predicted octanol–water partition coefficient (Wildman–Crippen LogP) is 3.79. The summed E-state index contributed by atoms with van der Waals surface area (Å²) in [5, 5.41) is 21.8. The third-order valence-corrected chi connectivity index (χ3v) is 4.24. The first-order chi connectivity index (χ1) is 12.8. The van der Waals surface area contributed by atoms with E-state index in [1.165, 1.54) is 10.9 Å². The summed E-state index contributed by atoms with van der Waals surface area (Å²) in [7, 11) is 0. The molecule has 0 amide bonds. The monoisotopic (exact) mass is 360 g/mol. The van der Waals surface area contributed by atoms with Crippen LogP contribution in [0.5, 0.6) is 5.75 Å². The average Bonchev–Trinajstić information content (AvgIpc) is 3.01. The second kappa shape index (κ2) is 6.96. The normalized spacial score (nSPS) is 11.6. The Kier molecular flexibility index (Phi) is 4.70. The number of nitriles is 1. The zero-order valence-electron chi connectivity index (χ0n) is 15.4. The van der Waals surface area contributed by atoms with Gasteiger partial charge in [0.15, 0.2) is 0 Å². The molecule has 0 aliphatic rings. The number of phenolic OH excluding ortho intramolecular Hbond substituents is 1. The highest BCUT2D eigenvalue weighted by Crippen LogP contribution is 2.32. The highest BCUT2D eigenvalue weighted by atomic mass is 16.3. The van der Waals surface area contributed by atoms with Gasteiger partial charge in [-0.3, -0.25) is 14.9 Å². The Morgan fingerprint density at radius 3 is 2.52 bits per heavy atom. The fourth-order valence-corrected chi connectivity index (χ4v) is 2.59. The molecular formula is C21H20N4O2. The van der Waals surface area contributed by atoms with Gasteiger partial charge in [0.25, 0.3) is 5.56 Å². The second-order valence-electron chi connectivity index (χ2n) is 7.24. The van der Waals surface area contributed by atoms with Crippen molar-refractivity contribution in [3.8, 4) is 17.5 Å². The number of aromatic hydroxyl groups is 1. The zero-order chi connectivity index (χ0) is 19.6. The lowest BCUT2D eigenvalue weighted by atomic mass is 9.87. The van der Waals surface area contributed by atoms with Gasteiger partial charge in [0.1, 0.15) is 11.4 Å². The van der Waals surface area contributed by atoms with Crippen molar-refractivity contribution in [1.29, 1.82) is 5.26 Å². The van der Waals surface area contributed by atoms with Gasteiger partial charge in [-0.05, 0) is 47.4 Å². The number of aliphatic imine (C=N–C) groups is 1. The molecule has 136 valence electrons. The SMILES string of the molecule is CC(C)(C)c1ccc(O)c(N=Cc2c[nH]n(-c3ccc(C#N)cc3)c2=O)c1. The fourth-order valence-electron chi connectivity index (χ4n) is 2.59. The van der Waals surface area contributed by atoms with E-state index in [1.54, 1.807) is 36.5 Å². The van der Waals surface area contributed by atoms with Crippen molar-refractivity contribution in [3.05, 3.63) is 75.7 Å². The fraction of sp³-hybridized carbons (Fsp3) is 0.190. The molecule has 3 rings (SSSR count). The van der Waals surface area contributed by atoms with Crippen molar-refractivity contribution < 1.29 is 5.11 Å². The molecule has 0 spiro atoms. The number of benzene rings is 2. The highest BCUT2D eigenvalue weighted by molar-refractivity contribution is 5.82. The van der Waals surface area contributed by atoms with E-state index in [1.807, 2.05) is 18.2 Å². The highest BCUT2D eigenvalue weighted by Gasteiger charge is 2.15. The van der Waals surface area contributed by atoms with E-state index in [0.29, 0.717) is 22.5 Å². The number of phenols is 1. The molecule has 3 aromatic rings. The smallest absolute Gasteiger partial charge is 0.280 e. The standard InChI is InChI=1S/C21H20N4O2/c1-21(2,3)16-6-9-19(26)18(10-16)23-12-15-13-24-25(20(15)27)17-7-4-14(11-22)5-8-17/h4-10,12-13,24,26H,1-3H3. The molecule has 1 aromatic heterocycles. The Bertz CT molecular complexity index is 1090. The molecule has 1 heterocycles. The van der Waals surface area contributed by atoms with Crippen molar-refractivity contribution in [2.45, 2.75) is 26.2 Å². The van der Waals surface area contributed by atoms with E-state index in [9.17, 15) is 9.90 Å². The molecule has 0 saturated heterocycles. The maximum atomic E-state index is 12.6. The van der Waals surface area contributed by atoms with Crippen LogP contribution in [0.25, 0.3) is 5.69 Å². The van der Waals surface area contributed by atoms with E-state index in [4.69, 9.17) is 5.26 Å². The Balaban J connectivity index is 1.92. The summed E-state index contributed by atoms with van der Waals surface area (Å²) in [5.41, 5.74) is 2.61. The van der Waals surface area contributed by atoms with Crippen LogP contribution < -0.4 is 5.56 Å². The largest absolute Gasteiger partial charge is 0.506 e. The molecular weight excluding hydrogens is 340 g/mol. The van der Waals surface area contributed by atoms with Gasteiger partial charge in [-0.25, -0.2) is 4.68 Å². The topological polar surface area (TPSA) is 94.2 Å². The molecule has 0 radical (unpaired) electrons. The van der Waals surface area contributed by atoms with Crippen LogP contribution in [0.2, 0.25) is 0 Å². The van der Waals surface area contributed by atoms with Gasteiger partial charge in [0, 0.05) is 12.4 Å². The minimum absolute atomic E-state index is 0.0576. The predicted molar refractivity (Wildman–Crippen MR) is 105 cm³/mol. The summed E-state index contributed by atoms with van der Waals surface area (Å²) < 4.78 is 1.37. The minimum Gasteiger partial charge on any atom is -0.506 e. The van der Waals surface area contributed by atoms with Gasteiger partial charge in [-0.2, -0.15) is 5.26 Å². The number of hydrogen-bond donors (Lipinski definition) is 2.